The van der Waals surface area contributed by atoms with Gasteiger partial charge in [-0.05, 0) is 44.2 Å². The molecule has 2 amide bonds. The summed E-state index contributed by atoms with van der Waals surface area (Å²) in [5.41, 5.74) is 0.191. The molecule has 148 valence electrons. The van der Waals surface area contributed by atoms with Crippen LogP contribution >= 0.6 is 11.6 Å². The Balaban J connectivity index is 1.73. The van der Waals surface area contributed by atoms with Crippen molar-refractivity contribution < 1.29 is 14.7 Å². The number of hydrogen-bond donors (Lipinski definition) is 2. The topological polar surface area (TPSA) is 69.6 Å². The summed E-state index contributed by atoms with van der Waals surface area (Å²) in [5.74, 6) is -0.333. The van der Waals surface area contributed by atoms with E-state index in [1.807, 2.05) is 25.1 Å². The smallest absolute Gasteiger partial charge is 0.225 e. The molecular weight excluding hydrogens is 364 g/mol. The van der Waals surface area contributed by atoms with Gasteiger partial charge in [0, 0.05) is 24.5 Å². The molecule has 1 aliphatic carbocycles. The van der Waals surface area contributed by atoms with Gasteiger partial charge in [-0.25, -0.2) is 0 Å². The van der Waals surface area contributed by atoms with E-state index in [1.54, 1.807) is 11.0 Å². The molecule has 0 radical (unpaired) electrons. The molecule has 5 nitrogen and oxygen atoms in total. The highest BCUT2D eigenvalue weighted by molar-refractivity contribution is 6.31. The van der Waals surface area contributed by atoms with Gasteiger partial charge in [0.05, 0.1) is 17.6 Å². The molecule has 1 saturated heterocycles. The molecule has 2 aliphatic rings. The van der Waals surface area contributed by atoms with E-state index < -0.39 is 5.60 Å². The van der Waals surface area contributed by atoms with E-state index in [-0.39, 0.29) is 23.8 Å². The zero-order chi connectivity index (χ0) is 19.4. The normalized spacial score (nSPS) is 24.9. The van der Waals surface area contributed by atoms with E-state index in [0.717, 1.165) is 31.2 Å². The third-order valence-corrected chi connectivity index (χ3v) is 6.38. The first-order valence-electron chi connectivity index (χ1n) is 9.99. The number of nitrogens with one attached hydrogen (secondary N) is 1. The van der Waals surface area contributed by atoms with Gasteiger partial charge in [-0.2, -0.15) is 0 Å². The highest BCUT2D eigenvalue weighted by Gasteiger charge is 2.41. The summed E-state index contributed by atoms with van der Waals surface area (Å²) < 4.78 is 0. The SMILES string of the molecule is CCN1C(=O)CC[C@@H](C(=O)NCCC2(O)CCCC2)[C@@H]1c1ccccc1Cl. The molecule has 0 spiro atoms. The van der Waals surface area contributed by atoms with Crippen molar-refractivity contribution in [2.45, 2.75) is 63.5 Å². The Morgan fingerprint density at radius 1 is 1.33 bits per heavy atom. The van der Waals surface area contributed by atoms with Gasteiger partial charge in [0.15, 0.2) is 0 Å². The van der Waals surface area contributed by atoms with Crippen molar-refractivity contribution in [3.05, 3.63) is 34.9 Å². The first-order valence-corrected chi connectivity index (χ1v) is 10.4. The predicted octanol–water partition coefficient (Wildman–Crippen LogP) is 3.45. The Morgan fingerprint density at radius 2 is 2.04 bits per heavy atom. The molecule has 2 fully saturated rings. The van der Waals surface area contributed by atoms with Crippen LogP contribution in [0.25, 0.3) is 0 Å². The summed E-state index contributed by atoms with van der Waals surface area (Å²) in [6.07, 6.45) is 5.19. The molecule has 1 aliphatic heterocycles. The first-order chi connectivity index (χ1) is 12.9. The number of rotatable bonds is 6. The second-order valence-electron chi connectivity index (χ2n) is 7.76. The van der Waals surface area contributed by atoms with Crippen molar-refractivity contribution in [2.24, 2.45) is 5.92 Å². The number of aliphatic hydroxyl groups is 1. The number of amides is 2. The fraction of sp³-hybridized carbons (Fsp3) is 0.619. The van der Waals surface area contributed by atoms with E-state index in [1.165, 1.54) is 0 Å². The van der Waals surface area contributed by atoms with Gasteiger partial charge in [0.1, 0.15) is 0 Å². The van der Waals surface area contributed by atoms with E-state index in [0.29, 0.717) is 37.4 Å². The van der Waals surface area contributed by atoms with Crippen LogP contribution in [-0.4, -0.2) is 40.5 Å². The minimum atomic E-state index is -0.632. The number of hydrogen-bond acceptors (Lipinski definition) is 3. The molecule has 1 heterocycles. The van der Waals surface area contributed by atoms with Crippen LogP contribution in [-0.2, 0) is 9.59 Å². The second kappa shape index (κ2) is 8.61. The van der Waals surface area contributed by atoms with Crippen LogP contribution in [0.2, 0.25) is 5.02 Å². The summed E-state index contributed by atoms with van der Waals surface area (Å²) in [4.78, 5) is 27.2. The van der Waals surface area contributed by atoms with Crippen LogP contribution in [0.5, 0.6) is 0 Å². The zero-order valence-electron chi connectivity index (χ0n) is 15.9. The van der Waals surface area contributed by atoms with Crippen molar-refractivity contribution in [3.63, 3.8) is 0 Å². The number of likely N-dealkylation sites (tertiary alicyclic amines) is 1. The molecule has 2 atom stereocenters. The van der Waals surface area contributed by atoms with Crippen LogP contribution in [0.1, 0.15) is 63.5 Å². The van der Waals surface area contributed by atoms with E-state index in [9.17, 15) is 14.7 Å². The summed E-state index contributed by atoms with van der Waals surface area (Å²) >= 11 is 6.40. The number of halogens is 1. The summed E-state index contributed by atoms with van der Waals surface area (Å²) in [5, 5.41) is 14.1. The number of nitrogens with zero attached hydrogens (tertiary/aromatic N) is 1. The van der Waals surface area contributed by atoms with Crippen LogP contribution in [0.4, 0.5) is 0 Å². The van der Waals surface area contributed by atoms with E-state index in [2.05, 4.69) is 5.32 Å². The minimum absolute atomic E-state index is 0.0618. The summed E-state index contributed by atoms with van der Waals surface area (Å²) in [7, 11) is 0. The lowest BCUT2D eigenvalue weighted by molar-refractivity contribution is -0.143. The number of piperidine rings is 1. The van der Waals surface area contributed by atoms with Crippen molar-refractivity contribution >= 4 is 23.4 Å². The maximum absolute atomic E-state index is 13.0. The lowest BCUT2D eigenvalue weighted by Crippen LogP contribution is -2.48. The highest BCUT2D eigenvalue weighted by Crippen LogP contribution is 2.39. The minimum Gasteiger partial charge on any atom is -0.390 e. The first kappa shape index (κ1) is 20.2. The molecule has 3 rings (SSSR count). The monoisotopic (exact) mass is 392 g/mol. The molecule has 27 heavy (non-hydrogen) atoms. The fourth-order valence-electron chi connectivity index (χ4n) is 4.53. The second-order valence-corrected chi connectivity index (χ2v) is 8.17. The fourth-order valence-corrected chi connectivity index (χ4v) is 4.78. The van der Waals surface area contributed by atoms with Crippen molar-refractivity contribution in [2.75, 3.05) is 13.1 Å². The van der Waals surface area contributed by atoms with Crippen LogP contribution in [0, 0.1) is 5.92 Å². The van der Waals surface area contributed by atoms with Gasteiger partial charge in [-0.15, -0.1) is 0 Å². The molecule has 0 unspecified atom stereocenters. The van der Waals surface area contributed by atoms with Crippen LogP contribution in [0.3, 0.4) is 0 Å². The Morgan fingerprint density at radius 3 is 2.70 bits per heavy atom. The van der Waals surface area contributed by atoms with E-state index >= 15 is 0 Å². The standard InChI is InChI=1S/C21H29ClN2O3/c1-2-24-18(25)10-9-16(19(24)15-7-3-4-8-17(15)22)20(26)23-14-13-21(27)11-5-6-12-21/h3-4,7-8,16,19,27H,2,5-6,9-14H2,1H3,(H,23,26)/t16-,19+/m1/s1. The third kappa shape index (κ3) is 4.46. The van der Waals surface area contributed by atoms with E-state index in [4.69, 9.17) is 11.6 Å². The predicted molar refractivity (Wildman–Crippen MR) is 105 cm³/mol. The molecular formula is C21H29ClN2O3. The van der Waals surface area contributed by atoms with Crippen molar-refractivity contribution in [1.82, 2.24) is 10.2 Å². The molecule has 0 bridgehead atoms. The summed E-state index contributed by atoms with van der Waals surface area (Å²) in [6, 6.07) is 7.09. The average molecular weight is 393 g/mol. The number of benzene rings is 1. The van der Waals surface area contributed by atoms with Crippen LogP contribution in [0.15, 0.2) is 24.3 Å². The van der Waals surface area contributed by atoms with Gasteiger partial charge in [0.25, 0.3) is 0 Å². The van der Waals surface area contributed by atoms with Gasteiger partial charge < -0.3 is 15.3 Å². The molecule has 1 aromatic rings. The van der Waals surface area contributed by atoms with Crippen molar-refractivity contribution in [1.29, 1.82) is 0 Å². The van der Waals surface area contributed by atoms with Crippen LogP contribution < -0.4 is 5.32 Å². The highest BCUT2D eigenvalue weighted by atomic mass is 35.5. The quantitative estimate of drug-likeness (QED) is 0.778. The average Bonchev–Trinajstić information content (AvgIpc) is 3.08. The Bertz CT molecular complexity index is 688. The molecule has 6 heteroatoms. The Labute approximate surface area is 166 Å². The van der Waals surface area contributed by atoms with Gasteiger partial charge >= 0.3 is 0 Å². The van der Waals surface area contributed by atoms with Crippen molar-refractivity contribution in [3.8, 4) is 0 Å². The van der Waals surface area contributed by atoms with Gasteiger partial charge in [-0.1, -0.05) is 42.6 Å². The van der Waals surface area contributed by atoms with Gasteiger partial charge in [-0.3, -0.25) is 9.59 Å². The number of carbonyl (C=O) groups is 2. The molecule has 0 aromatic heterocycles. The molecule has 1 aromatic carbocycles. The lowest BCUT2D eigenvalue weighted by atomic mass is 9.83. The zero-order valence-corrected chi connectivity index (χ0v) is 16.7. The Kier molecular flexibility index (Phi) is 6.43. The third-order valence-electron chi connectivity index (χ3n) is 6.03. The molecule has 2 N–H and O–H groups in total. The maximum atomic E-state index is 13.0. The summed E-state index contributed by atoms with van der Waals surface area (Å²) in [6.45, 7) is 2.93. The number of carbonyl (C=O) groups excluding carboxylic acids is 2. The maximum Gasteiger partial charge on any atom is 0.225 e. The lowest BCUT2D eigenvalue weighted by Gasteiger charge is -2.40. The largest absolute Gasteiger partial charge is 0.390 e. The molecule has 1 saturated carbocycles. The van der Waals surface area contributed by atoms with Gasteiger partial charge in [0.2, 0.25) is 11.8 Å². The Hall–Kier alpha value is -1.59.